The van der Waals surface area contributed by atoms with E-state index in [4.69, 9.17) is 17.3 Å². The van der Waals surface area contributed by atoms with E-state index in [-0.39, 0.29) is 17.1 Å². The lowest BCUT2D eigenvalue weighted by Crippen LogP contribution is -2.11. The molecule has 0 saturated carbocycles. The zero-order valence-electron chi connectivity index (χ0n) is 8.96. The first-order valence-corrected chi connectivity index (χ1v) is 5.40. The fourth-order valence-corrected chi connectivity index (χ4v) is 1.65. The first-order chi connectivity index (χ1) is 8.63. The number of nitrogen functional groups attached to an aromatic ring is 1. The summed E-state index contributed by atoms with van der Waals surface area (Å²) >= 11 is 5.79. The third kappa shape index (κ3) is 1.70. The van der Waals surface area contributed by atoms with Crippen LogP contribution in [0.1, 0.15) is 0 Å². The van der Waals surface area contributed by atoms with Gasteiger partial charge >= 0.3 is 0 Å². The third-order valence-electron chi connectivity index (χ3n) is 2.34. The normalized spacial score (nSPS) is 10.9. The van der Waals surface area contributed by atoms with E-state index in [0.717, 1.165) is 0 Å². The number of H-pyrrole nitrogens is 1. The van der Waals surface area contributed by atoms with Gasteiger partial charge in [0.15, 0.2) is 5.52 Å². The summed E-state index contributed by atoms with van der Waals surface area (Å²) in [4.78, 5) is 19.2. The molecule has 1 aromatic carbocycles. The lowest BCUT2D eigenvalue weighted by molar-refractivity contribution is 0.763. The Labute approximate surface area is 105 Å². The van der Waals surface area contributed by atoms with Crippen molar-refractivity contribution in [3.63, 3.8) is 0 Å². The number of benzene rings is 1. The van der Waals surface area contributed by atoms with E-state index in [2.05, 4.69) is 20.2 Å². The van der Waals surface area contributed by atoms with Gasteiger partial charge in [0.1, 0.15) is 0 Å². The molecule has 0 saturated heterocycles. The number of aromatic nitrogens is 5. The number of fused-ring (bicyclic) bond motifs is 1. The highest BCUT2D eigenvalue weighted by molar-refractivity contribution is 6.30. The highest BCUT2D eigenvalue weighted by atomic mass is 35.5. The van der Waals surface area contributed by atoms with Gasteiger partial charge in [0, 0.05) is 5.02 Å². The number of nitrogens with zero attached hydrogens (tertiary/aromatic N) is 4. The van der Waals surface area contributed by atoms with Gasteiger partial charge in [-0.05, 0) is 24.3 Å². The molecule has 8 heteroatoms. The summed E-state index contributed by atoms with van der Waals surface area (Å²) in [7, 11) is 0. The Morgan fingerprint density at radius 2 is 1.94 bits per heavy atom. The van der Waals surface area contributed by atoms with Gasteiger partial charge < -0.3 is 5.73 Å². The van der Waals surface area contributed by atoms with Crippen LogP contribution in [0.15, 0.2) is 29.1 Å². The molecule has 7 nitrogen and oxygen atoms in total. The number of rotatable bonds is 1. The molecule has 0 fully saturated rings. The average Bonchev–Trinajstić information content (AvgIpc) is 2.74. The maximum absolute atomic E-state index is 11.6. The number of nitrogens with two attached hydrogens (primary N) is 1. The predicted octanol–water partition coefficient (Wildman–Crippen LogP) is 0.739. The highest BCUT2D eigenvalue weighted by Crippen LogP contribution is 2.13. The van der Waals surface area contributed by atoms with Crippen molar-refractivity contribution < 1.29 is 0 Å². The lowest BCUT2D eigenvalue weighted by Gasteiger charge is -1.97. The molecule has 0 aliphatic rings. The smallest absolute Gasteiger partial charge is 0.282 e. The second-order valence-corrected chi connectivity index (χ2v) is 4.03. The molecule has 0 amide bonds. The van der Waals surface area contributed by atoms with Gasteiger partial charge in [-0.15, -0.1) is 15.0 Å². The van der Waals surface area contributed by atoms with E-state index in [1.165, 1.54) is 4.80 Å². The van der Waals surface area contributed by atoms with Gasteiger partial charge in [-0.3, -0.25) is 9.78 Å². The first-order valence-electron chi connectivity index (χ1n) is 5.02. The van der Waals surface area contributed by atoms with Crippen LogP contribution in [0.5, 0.6) is 0 Å². The second-order valence-electron chi connectivity index (χ2n) is 3.59. The van der Waals surface area contributed by atoms with E-state index in [1.54, 1.807) is 24.3 Å². The summed E-state index contributed by atoms with van der Waals surface area (Å²) < 4.78 is 0. The van der Waals surface area contributed by atoms with Crippen molar-refractivity contribution in [1.82, 2.24) is 25.0 Å². The second kappa shape index (κ2) is 3.81. The summed E-state index contributed by atoms with van der Waals surface area (Å²) in [6.45, 7) is 0. The number of hydrogen-bond donors (Lipinski definition) is 2. The maximum Gasteiger partial charge on any atom is 0.282 e. The number of aromatic amines is 1. The molecule has 3 rings (SSSR count). The lowest BCUT2D eigenvalue weighted by atomic mass is 10.3. The molecule has 90 valence electrons. The number of hydrogen-bond acceptors (Lipinski definition) is 5. The van der Waals surface area contributed by atoms with Gasteiger partial charge in [0.05, 0.1) is 5.69 Å². The standard InChI is InChI=1S/C10H7ClN6O/c11-5-1-3-6(4-2-5)17-15-7-8(16-17)13-10(12)14-9(7)18/h1-4H,(H3,12,13,14,16,18). The van der Waals surface area contributed by atoms with Gasteiger partial charge in [-0.2, -0.15) is 4.98 Å². The summed E-state index contributed by atoms with van der Waals surface area (Å²) in [6.07, 6.45) is 0. The Balaban J connectivity index is 2.22. The van der Waals surface area contributed by atoms with Crippen LogP contribution in [0.4, 0.5) is 5.95 Å². The van der Waals surface area contributed by atoms with Crippen LogP contribution < -0.4 is 11.3 Å². The molecule has 3 N–H and O–H groups in total. The van der Waals surface area contributed by atoms with Crippen LogP contribution in [-0.4, -0.2) is 25.0 Å². The zero-order valence-corrected chi connectivity index (χ0v) is 9.72. The van der Waals surface area contributed by atoms with E-state index >= 15 is 0 Å². The van der Waals surface area contributed by atoms with Crippen molar-refractivity contribution in [3.05, 3.63) is 39.6 Å². The van der Waals surface area contributed by atoms with Crippen LogP contribution in [0.25, 0.3) is 16.9 Å². The SMILES string of the molecule is Nc1nc2nn(-c3ccc(Cl)cc3)nc2c(=O)[nH]1. The quantitative estimate of drug-likeness (QED) is 0.673. The molecule has 0 spiro atoms. The molecular weight excluding hydrogens is 256 g/mol. The van der Waals surface area contributed by atoms with Crippen molar-refractivity contribution in [2.75, 3.05) is 5.73 Å². The Hall–Kier alpha value is -2.41. The molecule has 0 unspecified atom stereocenters. The minimum Gasteiger partial charge on any atom is -0.369 e. The fraction of sp³-hybridized carbons (Fsp3) is 0. The van der Waals surface area contributed by atoms with Crippen LogP contribution in [0, 0.1) is 0 Å². The van der Waals surface area contributed by atoms with E-state index in [0.29, 0.717) is 10.7 Å². The van der Waals surface area contributed by atoms with Crippen LogP contribution in [0.2, 0.25) is 5.02 Å². The Morgan fingerprint density at radius 1 is 1.22 bits per heavy atom. The van der Waals surface area contributed by atoms with Gasteiger partial charge in [-0.1, -0.05) is 11.6 Å². The van der Waals surface area contributed by atoms with Crippen molar-refractivity contribution in [2.45, 2.75) is 0 Å². The Morgan fingerprint density at radius 3 is 2.67 bits per heavy atom. The number of nitrogens with one attached hydrogen (secondary N) is 1. The summed E-state index contributed by atoms with van der Waals surface area (Å²) in [5.41, 5.74) is 6.03. The maximum atomic E-state index is 11.6. The van der Waals surface area contributed by atoms with Crippen molar-refractivity contribution in [3.8, 4) is 5.69 Å². The number of anilines is 1. The van der Waals surface area contributed by atoms with Crippen molar-refractivity contribution >= 4 is 28.7 Å². The predicted molar refractivity (Wildman–Crippen MR) is 66.7 cm³/mol. The minimum absolute atomic E-state index is 0.00987. The summed E-state index contributed by atoms with van der Waals surface area (Å²) in [5.74, 6) is 0.00987. The summed E-state index contributed by atoms with van der Waals surface area (Å²) in [5, 5.41) is 8.75. The molecule has 0 radical (unpaired) electrons. The van der Waals surface area contributed by atoms with Gasteiger partial charge in [-0.25, -0.2) is 0 Å². The average molecular weight is 263 g/mol. The molecule has 0 aliphatic carbocycles. The molecule has 2 aromatic heterocycles. The zero-order chi connectivity index (χ0) is 12.7. The molecular formula is C10H7ClN6O. The van der Waals surface area contributed by atoms with E-state index < -0.39 is 5.56 Å². The van der Waals surface area contributed by atoms with Crippen LogP contribution in [0.3, 0.4) is 0 Å². The number of halogens is 1. The highest BCUT2D eigenvalue weighted by Gasteiger charge is 2.10. The monoisotopic (exact) mass is 262 g/mol. The third-order valence-corrected chi connectivity index (χ3v) is 2.59. The molecule has 3 aromatic rings. The molecule has 18 heavy (non-hydrogen) atoms. The Bertz CT molecular complexity index is 775. The molecule has 0 bridgehead atoms. The first kappa shape index (κ1) is 10.7. The Kier molecular flexibility index (Phi) is 2.27. The molecule has 0 atom stereocenters. The minimum atomic E-state index is -0.419. The van der Waals surface area contributed by atoms with Crippen LogP contribution >= 0.6 is 11.6 Å². The van der Waals surface area contributed by atoms with Crippen LogP contribution in [-0.2, 0) is 0 Å². The van der Waals surface area contributed by atoms with E-state index in [9.17, 15) is 4.79 Å². The fourth-order valence-electron chi connectivity index (χ4n) is 1.53. The topological polar surface area (TPSA) is 102 Å². The largest absolute Gasteiger partial charge is 0.369 e. The molecule has 0 aliphatic heterocycles. The van der Waals surface area contributed by atoms with Crippen molar-refractivity contribution in [1.29, 1.82) is 0 Å². The van der Waals surface area contributed by atoms with E-state index in [1.807, 2.05) is 0 Å². The summed E-state index contributed by atoms with van der Waals surface area (Å²) in [6, 6.07) is 6.88. The van der Waals surface area contributed by atoms with Gasteiger partial charge in [0.2, 0.25) is 11.6 Å². The van der Waals surface area contributed by atoms with Crippen molar-refractivity contribution in [2.24, 2.45) is 0 Å². The molecule has 2 heterocycles. The van der Waals surface area contributed by atoms with Gasteiger partial charge in [0.25, 0.3) is 5.56 Å².